The molecule has 1 aliphatic rings. The summed E-state index contributed by atoms with van der Waals surface area (Å²) in [5, 5.41) is 12.0. The first-order valence-corrected chi connectivity index (χ1v) is 13.6. The molecule has 0 unspecified atom stereocenters. The number of piperidine rings is 1. The predicted octanol–water partition coefficient (Wildman–Crippen LogP) is 5.42. The number of hydrogen-bond acceptors (Lipinski definition) is 7. The highest BCUT2D eigenvalue weighted by atomic mass is 32.2. The van der Waals surface area contributed by atoms with E-state index in [9.17, 15) is 8.42 Å². The summed E-state index contributed by atoms with van der Waals surface area (Å²) in [6.07, 6.45) is 3.26. The molecule has 4 rings (SSSR count). The Bertz CT molecular complexity index is 1350. The molecule has 1 aromatic heterocycles. The molecule has 2 heterocycles. The highest BCUT2D eigenvalue weighted by molar-refractivity contribution is 7.89. The number of hydrogen-bond donors (Lipinski definition) is 1. The summed E-state index contributed by atoms with van der Waals surface area (Å²) in [4.78, 5) is 8.77. The van der Waals surface area contributed by atoms with Crippen LogP contribution in [0, 0.1) is 25.2 Å². The van der Waals surface area contributed by atoms with Gasteiger partial charge in [-0.2, -0.15) is 10.2 Å². The van der Waals surface area contributed by atoms with Crippen molar-refractivity contribution in [2.45, 2.75) is 51.7 Å². The minimum atomic E-state index is -3.19. The van der Waals surface area contributed by atoms with Crippen molar-refractivity contribution in [3.05, 3.63) is 70.9 Å². The normalized spacial score (nSPS) is 15.0. The molecule has 188 valence electrons. The topological polar surface area (TPSA) is 108 Å². The maximum Gasteiger partial charge on any atom is 0.230 e. The highest BCUT2D eigenvalue weighted by Gasteiger charge is 2.30. The van der Waals surface area contributed by atoms with Crippen molar-refractivity contribution in [3.63, 3.8) is 0 Å². The Morgan fingerprint density at radius 3 is 2.31 bits per heavy atom. The van der Waals surface area contributed by atoms with E-state index in [2.05, 4.69) is 33.5 Å². The molecule has 2 aromatic carbocycles. The number of sulfonamides is 1. The summed E-state index contributed by atoms with van der Waals surface area (Å²) < 4.78 is 32.5. The van der Waals surface area contributed by atoms with Gasteiger partial charge in [0.15, 0.2) is 0 Å². The van der Waals surface area contributed by atoms with E-state index in [0.717, 1.165) is 29.7 Å². The van der Waals surface area contributed by atoms with Crippen LogP contribution in [0.4, 0.5) is 11.6 Å². The summed E-state index contributed by atoms with van der Waals surface area (Å²) >= 11 is 0. The number of aryl methyl sites for hydroxylation is 2. The van der Waals surface area contributed by atoms with Crippen molar-refractivity contribution < 1.29 is 13.2 Å². The van der Waals surface area contributed by atoms with Crippen LogP contribution in [0.5, 0.6) is 11.6 Å². The lowest BCUT2D eigenvalue weighted by molar-refractivity contribution is 0.317. The third kappa shape index (κ3) is 5.66. The number of ether oxygens (including phenoxy) is 1. The van der Waals surface area contributed by atoms with Gasteiger partial charge in [-0.25, -0.2) is 17.7 Å². The summed E-state index contributed by atoms with van der Waals surface area (Å²) in [6, 6.07) is 15.5. The minimum Gasteiger partial charge on any atom is -0.438 e. The average molecular weight is 506 g/mol. The van der Waals surface area contributed by atoms with E-state index < -0.39 is 10.0 Å². The minimum absolute atomic E-state index is 0.338. The van der Waals surface area contributed by atoms with Crippen LogP contribution in [-0.2, 0) is 10.0 Å². The number of nitrogens with zero attached hydrogens (tertiary/aromatic N) is 4. The van der Waals surface area contributed by atoms with Crippen LogP contribution >= 0.6 is 0 Å². The molecule has 0 amide bonds. The van der Waals surface area contributed by atoms with Crippen LogP contribution in [0.2, 0.25) is 0 Å². The van der Waals surface area contributed by atoms with Crippen molar-refractivity contribution in [3.8, 4) is 17.7 Å². The van der Waals surface area contributed by atoms with Crippen molar-refractivity contribution in [1.29, 1.82) is 5.26 Å². The third-order valence-electron chi connectivity index (χ3n) is 6.47. The molecule has 1 fully saturated rings. The Labute approximate surface area is 213 Å². The van der Waals surface area contributed by atoms with Crippen LogP contribution in [-0.4, -0.2) is 41.0 Å². The van der Waals surface area contributed by atoms with Crippen molar-refractivity contribution in [2.24, 2.45) is 0 Å². The van der Waals surface area contributed by atoms with Gasteiger partial charge in [0.25, 0.3) is 0 Å². The molecular formula is C27H31N5O3S. The van der Waals surface area contributed by atoms with Gasteiger partial charge in [-0.1, -0.05) is 12.1 Å². The van der Waals surface area contributed by atoms with Crippen molar-refractivity contribution >= 4 is 21.7 Å². The molecule has 3 aromatic rings. The molecular weight excluding hydrogens is 474 g/mol. The fraction of sp³-hybridized carbons (Fsp3) is 0.370. The zero-order chi connectivity index (χ0) is 25.9. The molecule has 8 nitrogen and oxygen atoms in total. The predicted molar refractivity (Wildman–Crippen MR) is 140 cm³/mol. The maximum atomic E-state index is 12.4. The van der Waals surface area contributed by atoms with E-state index in [1.807, 2.05) is 26.0 Å². The fourth-order valence-electron chi connectivity index (χ4n) is 4.45. The third-order valence-corrected chi connectivity index (χ3v) is 8.75. The molecule has 0 saturated carbocycles. The Morgan fingerprint density at radius 1 is 1.08 bits per heavy atom. The zero-order valence-electron chi connectivity index (χ0n) is 21.0. The Kier molecular flexibility index (Phi) is 7.57. The first kappa shape index (κ1) is 25.6. The second-order valence-corrected chi connectivity index (χ2v) is 11.9. The quantitative estimate of drug-likeness (QED) is 0.457. The summed E-state index contributed by atoms with van der Waals surface area (Å²) in [6.45, 7) is 8.38. The smallest absolute Gasteiger partial charge is 0.230 e. The van der Waals surface area contributed by atoms with E-state index in [1.165, 1.54) is 5.56 Å². The molecule has 0 spiro atoms. The van der Waals surface area contributed by atoms with Crippen LogP contribution in [0.15, 0.2) is 48.7 Å². The van der Waals surface area contributed by atoms with E-state index in [4.69, 9.17) is 10.00 Å². The highest BCUT2D eigenvalue weighted by Crippen LogP contribution is 2.32. The van der Waals surface area contributed by atoms with E-state index >= 15 is 0 Å². The molecule has 1 N–H and O–H groups in total. The number of anilines is 2. The molecule has 1 aliphatic heterocycles. The second kappa shape index (κ2) is 10.6. The standard InChI is InChI=1S/C27H31N5O3S/c1-18(2)36(33,34)32-13-10-23(11-14-32)22-5-7-24(8-6-22)30-27-29-12-9-25(31-27)35-26-19(3)15-21(17-28)16-20(26)4/h5-9,12,15-16,18,23H,10-11,13-14H2,1-4H3,(H,29,30,31). The SMILES string of the molecule is Cc1cc(C#N)cc(C)c1Oc1ccnc(Nc2ccc(C3CCN(S(=O)(=O)C(C)C)CC3)cc2)n1. The number of aromatic nitrogens is 2. The first-order chi connectivity index (χ1) is 17.2. The molecule has 0 radical (unpaired) electrons. The van der Waals surface area contributed by atoms with Gasteiger partial charge in [-0.3, -0.25) is 0 Å². The lowest BCUT2D eigenvalue weighted by atomic mass is 9.90. The van der Waals surface area contributed by atoms with Crippen molar-refractivity contribution in [1.82, 2.24) is 14.3 Å². The van der Waals surface area contributed by atoms with E-state index in [-0.39, 0.29) is 5.25 Å². The average Bonchev–Trinajstić information content (AvgIpc) is 2.87. The van der Waals surface area contributed by atoms with Gasteiger partial charge in [-0.15, -0.1) is 0 Å². The molecule has 36 heavy (non-hydrogen) atoms. The van der Waals surface area contributed by atoms with E-state index in [1.54, 1.807) is 42.5 Å². The van der Waals surface area contributed by atoms with Crippen LogP contribution in [0.25, 0.3) is 0 Å². The van der Waals surface area contributed by atoms with Gasteiger partial charge >= 0.3 is 0 Å². The van der Waals surface area contributed by atoms with Gasteiger partial charge in [0.05, 0.1) is 16.9 Å². The van der Waals surface area contributed by atoms with Crippen LogP contribution in [0.1, 0.15) is 54.9 Å². The molecule has 0 atom stereocenters. The monoisotopic (exact) mass is 505 g/mol. The number of nitrogens with one attached hydrogen (secondary N) is 1. The Morgan fingerprint density at radius 2 is 1.72 bits per heavy atom. The fourth-order valence-corrected chi connectivity index (χ4v) is 5.77. The summed E-state index contributed by atoms with van der Waals surface area (Å²) in [5.41, 5.74) is 4.37. The molecule has 0 aliphatic carbocycles. The lowest BCUT2D eigenvalue weighted by Gasteiger charge is -2.32. The van der Waals surface area contributed by atoms with Crippen LogP contribution < -0.4 is 10.1 Å². The van der Waals surface area contributed by atoms with Gasteiger partial charge in [0.1, 0.15) is 5.75 Å². The summed E-state index contributed by atoms with van der Waals surface area (Å²) in [5.74, 6) is 1.83. The largest absolute Gasteiger partial charge is 0.438 e. The molecule has 1 saturated heterocycles. The number of rotatable bonds is 7. The van der Waals surface area contributed by atoms with E-state index in [0.29, 0.717) is 42.1 Å². The Hall–Kier alpha value is -3.48. The first-order valence-electron chi connectivity index (χ1n) is 12.1. The van der Waals surface area contributed by atoms with Gasteiger partial charge in [-0.05, 0) is 87.4 Å². The number of benzene rings is 2. The Balaban J connectivity index is 1.40. The second-order valence-electron chi connectivity index (χ2n) is 9.39. The molecule has 0 bridgehead atoms. The van der Waals surface area contributed by atoms with Gasteiger partial charge < -0.3 is 10.1 Å². The summed E-state index contributed by atoms with van der Waals surface area (Å²) in [7, 11) is -3.19. The molecule has 9 heteroatoms. The lowest BCUT2D eigenvalue weighted by Crippen LogP contribution is -2.41. The van der Waals surface area contributed by atoms with Crippen molar-refractivity contribution in [2.75, 3.05) is 18.4 Å². The van der Waals surface area contributed by atoms with Gasteiger partial charge in [0.2, 0.25) is 21.9 Å². The number of nitriles is 1. The zero-order valence-corrected chi connectivity index (χ0v) is 21.8. The van der Waals surface area contributed by atoms with Crippen LogP contribution in [0.3, 0.4) is 0 Å². The maximum absolute atomic E-state index is 12.4. The van der Waals surface area contributed by atoms with Gasteiger partial charge in [0, 0.05) is 31.0 Å².